The average molecular weight is 567 g/mol. The monoisotopic (exact) mass is 566 g/mol. The number of aryl methyl sites for hydroxylation is 1. The van der Waals surface area contributed by atoms with Gasteiger partial charge in [0.15, 0.2) is 0 Å². The van der Waals surface area contributed by atoms with Gasteiger partial charge in [-0.15, -0.1) is 0 Å². The Labute approximate surface area is 245 Å². The maximum Gasteiger partial charge on any atom is 0.261 e. The number of pyridine rings is 1. The van der Waals surface area contributed by atoms with E-state index in [2.05, 4.69) is 22.1 Å². The standard InChI is InChI=1S/C34H38N4O4/c1-19-7-10-24(39)14-26(19)34-15-23-18-38(17-21-8-9-21)30(23)27(34)13-22-12-25(33(42)37-29(22)16-34)32(41)36-28(31(35)40)11-20-5-3-2-4-6-20/h2-7,10,12,14,21,23,27-28,30,39H,8-9,11,13,15-18H2,1H3,(H2,35,40)(H,36,41)(H,37,42)/t23?,27-,28-,30+,34+/m0/s1. The highest BCUT2D eigenvalue weighted by molar-refractivity contribution is 5.97. The summed E-state index contributed by atoms with van der Waals surface area (Å²) in [6.45, 7) is 4.36. The Kier molecular flexibility index (Phi) is 6.50. The normalized spacial score (nSPS) is 26.8. The number of nitrogens with two attached hydrogens (primary N) is 1. The summed E-state index contributed by atoms with van der Waals surface area (Å²) in [7, 11) is 0. The minimum absolute atomic E-state index is 0.00657. The van der Waals surface area contributed by atoms with E-state index in [1.807, 2.05) is 42.5 Å². The van der Waals surface area contributed by atoms with E-state index < -0.39 is 23.4 Å². The van der Waals surface area contributed by atoms with Crippen LogP contribution in [-0.2, 0) is 29.5 Å². The Hall–Kier alpha value is -3.91. The number of nitrogens with one attached hydrogen (secondary N) is 2. The minimum Gasteiger partial charge on any atom is -0.508 e. The zero-order valence-corrected chi connectivity index (χ0v) is 23.9. The molecule has 1 saturated heterocycles. The second-order valence-corrected chi connectivity index (χ2v) is 13.1. The first-order valence-electron chi connectivity index (χ1n) is 15.1. The number of phenols is 1. The molecule has 3 aliphatic carbocycles. The van der Waals surface area contributed by atoms with Gasteiger partial charge in [0.1, 0.15) is 17.4 Å². The number of rotatable bonds is 8. The van der Waals surface area contributed by atoms with Gasteiger partial charge in [-0.1, -0.05) is 36.4 Å². The Morgan fingerprint density at radius 1 is 1.17 bits per heavy atom. The van der Waals surface area contributed by atoms with Gasteiger partial charge in [0.25, 0.3) is 11.5 Å². The van der Waals surface area contributed by atoms with Crippen LogP contribution in [0.5, 0.6) is 5.75 Å². The predicted octanol–water partition coefficient (Wildman–Crippen LogP) is 2.98. The molecule has 0 radical (unpaired) electrons. The summed E-state index contributed by atoms with van der Waals surface area (Å²) in [4.78, 5) is 44.7. The lowest BCUT2D eigenvalue weighted by Crippen LogP contribution is -2.58. The summed E-state index contributed by atoms with van der Waals surface area (Å²) in [6.07, 6.45) is 5.31. The molecule has 1 aromatic heterocycles. The van der Waals surface area contributed by atoms with E-state index >= 15 is 0 Å². The molecule has 3 aromatic rings. The SMILES string of the molecule is Cc1ccc(O)cc1[C@@]12Cc3[nH]c(=O)c(C(=O)N[C@@H](Cc4ccccc4)C(N)=O)cc3C[C@H]1[C@H]1C(CN1CC1CC1)C2. The van der Waals surface area contributed by atoms with E-state index in [4.69, 9.17) is 5.73 Å². The molecule has 3 fully saturated rings. The summed E-state index contributed by atoms with van der Waals surface area (Å²) < 4.78 is 0. The largest absolute Gasteiger partial charge is 0.508 e. The number of fused-ring (bicyclic) bond motifs is 4. The molecule has 0 bridgehead atoms. The highest BCUT2D eigenvalue weighted by atomic mass is 16.3. The minimum atomic E-state index is -0.932. The van der Waals surface area contributed by atoms with Crippen LogP contribution < -0.4 is 16.6 Å². The first-order valence-corrected chi connectivity index (χ1v) is 15.1. The Morgan fingerprint density at radius 2 is 1.95 bits per heavy atom. The molecule has 1 unspecified atom stereocenters. The fourth-order valence-electron chi connectivity index (χ4n) is 8.29. The van der Waals surface area contributed by atoms with Crippen LogP contribution in [0.15, 0.2) is 59.4 Å². The molecule has 8 nitrogen and oxygen atoms in total. The topological polar surface area (TPSA) is 129 Å². The summed E-state index contributed by atoms with van der Waals surface area (Å²) in [5.41, 5.74) is 10.0. The highest BCUT2D eigenvalue weighted by Crippen LogP contribution is 2.60. The molecule has 2 saturated carbocycles. The van der Waals surface area contributed by atoms with Crippen molar-refractivity contribution < 1.29 is 14.7 Å². The lowest BCUT2D eigenvalue weighted by Gasteiger charge is -2.49. The molecule has 218 valence electrons. The molecular weight excluding hydrogens is 528 g/mol. The third kappa shape index (κ3) is 4.62. The van der Waals surface area contributed by atoms with Crippen molar-refractivity contribution >= 4 is 11.8 Å². The van der Waals surface area contributed by atoms with E-state index in [9.17, 15) is 19.5 Å². The number of amides is 2. The number of phenolic OH excluding ortho intramolecular Hbond substituents is 1. The fraction of sp³-hybridized carbons (Fsp3) is 0.441. The maximum atomic E-state index is 13.4. The zero-order valence-electron chi connectivity index (χ0n) is 23.9. The van der Waals surface area contributed by atoms with E-state index in [0.29, 0.717) is 24.3 Å². The molecule has 5 N–H and O–H groups in total. The first-order chi connectivity index (χ1) is 20.2. The van der Waals surface area contributed by atoms with Crippen molar-refractivity contribution in [1.82, 2.24) is 15.2 Å². The zero-order chi connectivity index (χ0) is 29.2. The van der Waals surface area contributed by atoms with Gasteiger partial charge < -0.3 is 21.1 Å². The summed E-state index contributed by atoms with van der Waals surface area (Å²) in [5, 5.41) is 13.2. The first kappa shape index (κ1) is 27.0. The highest BCUT2D eigenvalue weighted by Gasteiger charge is 2.62. The van der Waals surface area contributed by atoms with Gasteiger partial charge in [-0.3, -0.25) is 19.3 Å². The molecule has 2 heterocycles. The molecule has 8 heteroatoms. The van der Waals surface area contributed by atoms with Gasteiger partial charge in [-0.2, -0.15) is 0 Å². The van der Waals surface area contributed by atoms with Crippen LogP contribution in [0.4, 0.5) is 0 Å². The van der Waals surface area contributed by atoms with Crippen molar-refractivity contribution in [2.45, 2.75) is 62.9 Å². The van der Waals surface area contributed by atoms with Crippen molar-refractivity contribution in [2.75, 3.05) is 13.1 Å². The molecule has 1 aliphatic heterocycles. The number of carbonyl (C=O) groups is 2. The molecule has 0 spiro atoms. The number of aromatic hydroxyl groups is 1. The third-order valence-corrected chi connectivity index (χ3v) is 10.4. The smallest absolute Gasteiger partial charge is 0.261 e. The van der Waals surface area contributed by atoms with Crippen LogP contribution >= 0.6 is 0 Å². The maximum absolute atomic E-state index is 13.4. The lowest BCUT2D eigenvalue weighted by molar-refractivity contribution is -0.119. The number of H-pyrrole nitrogens is 1. The van der Waals surface area contributed by atoms with E-state index in [-0.39, 0.29) is 23.1 Å². The number of hydrogen-bond acceptors (Lipinski definition) is 5. The third-order valence-electron chi connectivity index (χ3n) is 10.4. The van der Waals surface area contributed by atoms with E-state index in [1.54, 1.807) is 12.1 Å². The van der Waals surface area contributed by atoms with E-state index in [1.165, 1.54) is 18.4 Å². The molecular formula is C34H38N4O4. The van der Waals surface area contributed by atoms with Crippen LogP contribution in [0.2, 0.25) is 0 Å². The van der Waals surface area contributed by atoms with Gasteiger partial charge in [0.2, 0.25) is 5.91 Å². The summed E-state index contributed by atoms with van der Waals surface area (Å²) in [6, 6.07) is 16.3. The van der Waals surface area contributed by atoms with Gasteiger partial charge in [-0.05, 0) is 97.2 Å². The van der Waals surface area contributed by atoms with Crippen molar-refractivity contribution in [3.8, 4) is 5.75 Å². The average Bonchev–Trinajstić information content (AvgIpc) is 3.74. The number of primary amides is 1. The number of likely N-dealkylation sites (tertiary alicyclic amines) is 1. The second kappa shape index (κ2) is 10.1. The van der Waals surface area contributed by atoms with Crippen molar-refractivity contribution in [3.63, 3.8) is 0 Å². The van der Waals surface area contributed by atoms with Crippen LogP contribution in [0.3, 0.4) is 0 Å². The van der Waals surface area contributed by atoms with Crippen LogP contribution in [0, 0.1) is 24.7 Å². The quantitative estimate of drug-likeness (QED) is 0.333. The van der Waals surface area contributed by atoms with Crippen molar-refractivity contribution in [1.29, 1.82) is 0 Å². The Morgan fingerprint density at radius 3 is 2.69 bits per heavy atom. The Balaban J connectivity index is 1.21. The summed E-state index contributed by atoms with van der Waals surface area (Å²) in [5.74, 6) is 0.715. The van der Waals surface area contributed by atoms with Crippen molar-refractivity contribution in [2.24, 2.45) is 23.5 Å². The number of nitrogens with zero attached hydrogens (tertiary/aromatic N) is 1. The number of aromatic nitrogens is 1. The van der Waals surface area contributed by atoms with Gasteiger partial charge >= 0.3 is 0 Å². The van der Waals surface area contributed by atoms with E-state index in [0.717, 1.165) is 54.2 Å². The van der Waals surface area contributed by atoms with Gasteiger partial charge in [0, 0.05) is 36.7 Å². The number of aromatic amines is 1. The van der Waals surface area contributed by atoms with Crippen LogP contribution in [-0.4, -0.2) is 52.0 Å². The molecule has 2 aromatic carbocycles. The molecule has 7 rings (SSSR count). The van der Waals surface area contributed by atoms with Crippen molar-refractivity contribution in [3.05, 3.63) is 98.5 Å². The second-order valence-electron chi connectivity index (χ2n) is 13.1. The predicted molar refractivity (Wildman–Crippen MR) is 159 cm³/mol. The molecule has 5 atom stereocenters. The van der Waals surface area contributed by atoms with Crippen LogP contribution in [0.25, 0.3) is 0 Å². The summed E-state index contributed by atoms with van der Waals surface area (Å²) >= 11 is 0. The number of hydrogen-bond donors (Lipinski definition) is 4. The molecule has 4 aliphatic rings. The fourth-order valence-corrected chi connectivity index (χ4v) is 8.29. The Bertz CT molecular complexity index is 1610. The van der Waals surface area contributed by atoms with Gasteiger partial charge in [-0.25, -0.2) is 0 Å². The van der Waals surface area contributed by atoms with Crippen LogP contribution in [0.1, 0.15) is 57.6 Å². The lowest BCUT2D eigenvalue weighted by atomic mass is 9.62. The number of benzene rings is 2. The van der Waals surface area contributed by atoms with Gasteiger partial charge in [0.05, 0.1) is 0 Å². The molecule has 2 amide bonds. The number of carbonyl (C=O) groups excluding carboxylic acids is 2. The molecule has 42 heavy (non-hydrogen) atoms.